The number of hydrogen-bond donors (Lipinski definition) is 2. The highest BCUT2D eigenvalue weighted by molar-refractivity contribution is 5.84. The number of H-pyrrole nitrogens is 1. The van der Waals surface area contributed by atoms with Crippen LogP contribution in [0, 0.1) is 5.82 Å². The van der Waals surface area contributed by atoms with Crippen molar-refractivity contribution in [3.8, 4) is 0 Å². The van der Waals surface area contributed by atoms with Crippen molar-refractivity contribution >= 4 is 16.9 Å². The summed E-state index contributed by atoms with van der Waals surface area (Å²) >= 11 is 0. The second kappa shape index (κ2) is 3.73. The average molecular weight is 207 g/mol. The number of carboxylic acids is 1. The van der Waals surface area contributed by atoms with Crippen molar-refractivity contribution < 1.29 is 14.3 Å². The van der Waals surface area contributed by atoms with E-state index in [9.17, 15) is 9.18 Å². The van der Waals surface area contributed by atoms with E-state index in [0.29, 0.717) is 11.9 Å². The van der Waals surface area contributed by atoms with Crippen LogP contribution in [-0.2, 0) is 11.2 Å². The Morgan fingerprint density at radius 3 is 3.00 bits per heavy atom. The van der Waals surface area contributed by atoms with Crippen LogP contribution in [0.25, 0.3) is 10.9 Å². The number of aliphatic carboxylic acids is 1. The first kappa shape index (κ1) is 9.71. The van der Waals surface area contributed by atoms with Gasteiger partial charge >= 0.3 is 5.97 Å². The summed E-state index contributed by atoms with van der Waals surface area (Å²) in [7, 11) is 0. The maximum Gasteiger partial charge on any atom is 0.303 e. The summed E-state index contributed by atoms with van der Waals surface area (Å²) in [6, 6.07) is 4.78. The molecule has 78 valence electrons. The Labute approximate surface area is 85.5 Å². The lowest BCUT2D eigenvalue weighted by Gasteiger charge is -1.96. The highest BCUT2D eigenvalue weighted by Gasteiger charge is 2.08. The third-order valence-electron chi connectivity index (χ3n) is 2.36. The van der Waals surface area contributed by atoms with E-state index in [4.69, 9.17) is 5.11 Å². The number of rotatable bonds is 3. The van der Waals surface area contributed by atoms with Gasteiger partial charge in [0.2, 0.25) is 0 Å². The van der Waals surface area contributed by atoms with Gasteiger partial charge in [-0.25, -0.2) is 4.39 Å². The molecule has 0 bridgehead atoms. The number of para-hydroxylation sites is 1. The van der Waals surface area contributed by atoms with Crippen molar-refractivity contribution in [2.75, 3.05) is 0 Å². The average Bonchev–Trinajstić information content (AvgIpc) is 2.59. The molecule has 0 saturated heterocycles. The Kier molecular flexibility index (Phi) is 2.41. The Morgan fingerprint density at radius 1 is 1.47 bits per heavy atom. The molecule has 0 amide bonds. The third kappa shape index (κ3) is 1.83. The zero-order valence-electron chi connectivity index (χ0n) is 7.96. The van der Waals surface area contributed by atoms with Gasteiger partial charge in [-0.05, 0) is 18.1 Å². The minimum Gasteiger partial charge on any atom is -0.481 e. The monoisotopic (exact) mass is 207 g/mol. The van der Waals surface area contributed by atoms with E-state index >= 15 is 0 Å². The number of fused-ring (bicyclic) bond motifs is 1. The molecule has 0 unspecified atom stereocenters. The SMILES string of the molecule is O=C(O)CCc1c[nH]c2c(F)cccc12. The van der Waals surface area contributed by atoms with Crippen LogP contribution in [-0.4, -0.2) is 16.1 Å². The molecular weight excluding hydrogens is 197 g/mol. The number of hydrogen-bond acceptors (Lipinski definition) is 1. The van der Waals surface area contributed by atoms with Crippen molar-refractivity contribution in [3.05, 3.63) is 35.8 Å². The Hall–Kier alpha value is -1.84. The fourth-order valence-corrected chi connectivity index (χ4v) is 1.62. The summed E-state index contributed by atoms with van der Waals surface area (Å²) in [6.07, 6.45) is 2.14. The van der Waals surface area contributed by atoms with Crippen LogP contribution >= 0.6 is 0 Å². The molecule has 0 radical (unpaired) electrons. The molecule has 0 aliphatic heterocycles. The lowest BCUT2D eigenvalue weighted by atomic mass is 10.1. The molecule has 0 fully saturated rings. The molecule has 2 rings (SSSR count). The Balaban J connectivity index is 2.37. The summed E-state index contributed by atoms with van der Waals surface area (Å²) in [4.78, 5) is 13.2. The van der Waals surface area contributed by atoms with E-state index in [-0.39, 0.29) is 12.2 Å². The zero-order valence-corrected chi connectivity index (χ0v) is 7.96. The maximum atomic E-state index is 13.3. The van der Waals surface area contributed by atoms with Gasteiger partial charge in [0.1, 0.15) is 5.82 Å². The summed E-state index contributed by atoms with van der Waals surface area (Å²) in [6.45, 7) is 0. The van der Waals surface area contributed by atoms with Crippen LogP contribution in [0.3, 0.4) is 0 Å². The van der Waals surface area contributed by atoms with Gasteiger partial charge in [0.05, 0.1) is 5.52 Å². The van der Waals surface area contributed by atoms with Gasteiger partial charge in [-0.1, -0.05) is 12.1 Å². The second-order valence-corrected chi connectivity index (χ2v) is 3.37. The van der Waals surface area contributed by atoms with Crippen molar-refractivity contribution in [2.45, 2.75) is 12.8 Å². The smallest absolute Gasteiger partial charge is 0.303 e. The Morgan fingerprint density at radius 2 is 2.27 bits per heavy atom. The van der Waals surface area contributed by atoms with Crippen molar-refractivity contribution in [1.29, 1.82) is 0 Å². The first-order valence-electron chi connectivity index (χ1n) is 4.65. The number of aromatic nitrogens is 1. The van der Waals surface area contributed by atoms with Gasteiger partial charge in [-0.2, -0.15) is 0 Å². The number of aryl methyl sites for hydroxylation is 1. The summed E-state index contributed by atoms with van der Waals surface area (Å²) < 4.78 is 13.3. The van der Waals surface area contributed by atoms with E-state index in [0.717, 1.165) is 10.9 Å². The van der Waals surface area contributed by atoms with E-state index in [1.54, 1.807) is 18.3 Å². The number of aromatic amines is 1. The van der Waals surface area contributed by atoms with Crippen molar-refractivity contribution in [1.82, 2.24) is 4.98 Å². The molecule has 1 heterocycles. The highest BCUT2D eigenvalue weighted by Crippen LogP contribution is 2.21. The van der Waals surface area contributed by atoms with Gasteiger partial charge in [0, 0.05) is 18.0 Å². The highest BCUT2D eigenvalue weighted by atomic mass is 19.1. The van der Waals surface area contributed by atoms with Gasteiger partial charge in [-0.15, -0.1) is 0 Å². The van der Waals surface area contributed by atoms with E-state index < -0.39 is 5.97 Å². The molecule has 1 aromatic carbocycles. The normalized spacial score (nSPS) is 10.7. The third-order valence-corrected chi connectivity index (χ3v) is 2.36. The van der Waals surface area contributed by atoms with E-state index in [2.05, 4.69) is 4.98 Å². The van der Waals surface area contributed by atoms with Gasteiger partial charge in [0.25, 0.3) is 0 Å². The van der Waals surface area contributed by atoms with Crippen LogP contribution < -0.4 is 0 Å². The molecule has 0 spiro atoms. The lowest BCUT2D eigenvalue weighted by molar-refractivity contribution is -0.136. The largest absolute Gasteiger partial charge is 0.481 e. The molecule has 0 saturated carbocycles. The molecule has 3 nitrogen and oxygen atoms in total. The van der Waals surface area contributed by atoms with Crippen molar-refractivity contribution in [2.24, 2.45) is 0 Å². The molecular formula is C11H10FNO2. The predicted octanol–water partition coefficient (Wildman–Crippen LogP) is 2.32. The van der Waals surface area contributed by atoms with E-state index in [1.807, 2.05) is 0 Å². The number of carboxylic acid groups (broad SMARTS) is 1. The molecule has 2 N–H and O–H groups in total. The van der Waals surface area contributed by atoms with Crippen LogP contribution in [0.15, 0.2) is 24.4 Å². The summed E-state index contributed by atoms with van der Waals surface area (Å²) in [5.74, 6) is -1.16. The summed E-state index contributed by atoms with van der Waals surface area (Å²) in [5, 5.41) is 9.32. The van der Waals surface area contributed by atoms with Crippen LogP contribution in [0.5, 0.6) is 0 Å². The quantitative estimate of drug-likeness (QED) is 0.811. The molecule has 0 atom stereocenters. The maximum absolute atomic E-state index is 13.3. The van der Waals surface area contributed by atoms with Crippen LogP contribution in [0.4, 0.5) is 4.39 Å². The van der Waals surface area contributed by atoms with E-state index in [1.165, 1.54) is 6.07 Å². The van der Waals surface area contributed by atoms with Gasteiger partial charge in [-0.3, -0.25) is 4.79 Å². The summed E-state index contributed by atoms with van der Waals surface area (Å²) in [5.41, 5.74) is 1.28. The fourth-order valence-electron chi connectivity index (χ4n) is 1.62. The van der Waals surface area contributed by atoms with Crippen molar-refractivity contribution in [3.63, 3.8) is 0 Å². The molecule has 0 aliphatic rings. The minimum atomic E-state index is -0.847. The van der Waals surface area contributed by atoms with Crippen LogP contribution in [0.1, 0.15) is 12.0 Å². The molecule has 1 aromatic heterocycles. The fraction of sp³-hybridized carbons (Fsp3) is 0.182. The van der Waals surface area contributed by atoms with Crippen LogP contribution in [0.2, 0.25) is 0 Å². The van der Waals surface area contributed by atoms with Gasteiger partial charge < -0.3 is 10.1 Å². The molecule has 2 aromatic rings. The predicted molar refractivity (Wildman–Crippen MR) is 54.2 cm³/mol. The zero-order chi connectivity index (χ0) is 10.8. The topological polar surface area (TPSA) is 53.1 Å². The number of halogens is 1. The molecule has 15 heavy (non-hydrogen) atoms. The molecule has 0 aliphatic carbocycles. The molecule has 4 heteroatoms. The lowest BCUT2D eigenvalue weighted by Crippen LogP contribution is -1.96. The Bertz CT molecular complexity index is 504. The number of benzene rings is 1. The second-order valence-electron chi connectivity index (χ2n) is 3.37. The van der Waals surface area contributed by atoms with Gasteiger partial charge in [0.15, 0.2) is 0 Å². The minimum absolute atomic E-state index is 0.0590. The first-order valence-corrected chi connectivity index (χ1v) is 4.65. The first-order chi connectivity index (χ1) is 7.18. The number of nitrogens with one attached hydrogen (secondary N) is 1. The standard InChI is InChI=1S/C11H10FNO2/c12-9-3-1-2-8-7(4-5-10(14)15)6-13-11(8)9/h1-3,6,13H,4-5H2,(H,14,15). The number of carbonyl (C=O) groups is 1.